The molecule has 3 heterocycles. The molecule has 0 saturated carbocycles. The summed E-state index contributed by atoms with van der Waals surface area (Å²) in [4.78, 5) is 44.5. The zero-order valence-corrected chi connectivity index (χ0v) is 22.9. The van der Waals surface area contributed by atoms with Gasteiger partial charge in [0, 0.05) is 27.8 Å². The maximum atomic E-state index is 14.7. The summed E-state index contributed by atoms with van der Waals surface area (Å²) in [5, 5.41) is 20.7. The molecule has 15 heteroatoms. The van der Waals surface area contributed by atoms with Crippen molar-refractivity contribution in [2.45, 2.75) is 13.2 Å². The summed E-state index contributed by atoms with van der Waals surface area (Å²) < 4.78 is 36.2. The van der Waals surface area contributed by atoms with E-state index in [-0.39, 0.29) is 27.5 Å². The number of thiophene rings is 1. The van der Waals surface area contributed by atoms with E-state index < -0.39 is 47.6 Å². The molecule has 3 N–H and O–H groups in total. The van der Waals surface area contributed by atoms with Crippen molar-refractivity contribution in [1.82, 2.24) is 24.8 Å². The summed E-state index contributed by atoms with van der Waals surface area (Å²) in [5.41, 5.74) is 1.17. The van der Waals surface area contributed by atoms with Crippen LogP contribution in [0.4, 0.5) is 19.3 Å². The van der Waals surface area contributed by atoms with Crippen LogP contribution in [0, 0.1) is 11.6 Å². The maximum Gasteiger partial charge on any atom is 0.343 e. The first-order chi connectivity index (χ1) is 20.3. The van der Waals surface area contributed by atoms with Gasteiger partial charge in [-0.05, 0) is 35.9 Å². The standard InChI is InChI=1S/C27H22F2N6O6S/c1-40-21-11-10-20(31-32-21)35-24(37)22-17(13-36)23(14-6-8-15(9-7-14)30-26(38)33-41-2)42-25(22)34(27(35)39)12-16-18(28)4-3-5-19(16)29/h3-11,36H,12-13H2,1-2H3,(H2,30,33,38). The number of anilines is 1. The Kier molecular flexibility index (Phi) is 8.06. The lowest BCUT2D eigenvalue weighted by Gasteiger charge is -2.13. The summed E-state index contributed by atoms with van der Waals surface area (Å²) >= 11 is 0.994. The minimum Gasteiger partial charge on any atom is -0.480 e. The van der Waals surface area contributed by atoms with Gasteiger partial charge in [-0.1, -0.05) is 18.2 Å². The van der Waals surface area contributed by atoms with Crippen LogP contribution in [-0.2, 0) is 18.0 Å². The molecule has 0 atom stereocenters. The van der Waals surface area contributed by atoms with Crippen LogP contribution in [0.5, 0.6) is 5.88 Å². The Labute approximate surface area is 239 Å². The SMILES string of the molecule is CONC(=O)Nc1ccc(-c2sc3c(c2CO)c(=O)n(-c2ccc(OC)nn2)c(=O)n3Cc2c(F)cccc2F)cc1. The van der Waals surface area contributed by atoms with Crippen LogP contribution < -0.4 is 26.8 Å². The molecule has 42 heavy (non-hydrogen) atoms. The molecule has 2 amide bonds. The number of aliphatic hydroxyl groups is 1. The third kappa shape index (κ3) is 5.23. The van der Waals surface area contributed by atoms with Crippen molar-refractivity contribution >= 4 is 33.3 Å². The van der Waals surface area contributed by atoms with Gasteiger partial charge in [0.05, 0.1) is 32.8 Å². The monoisotopic (exact) mass is 596 g/mol. The first kappa shape index (κ1) is 28.5. The summed E-state index contributed by atoms with van der Waals surface area (Å²) in [7, 11) is 2.66. The van der Waals surface area contributed by atoms with Crippen molar-refractivity contribution in [3.63, 3.8) is 0 Å². The first-order valence-corrected chi connectivity index (χ1v) is 13.0. The molecule has 0 aliphatic carbocycles. The number of ether oxygens (including phenoxy) is 1. The van der Waals surface area contributed by atoms with E-state index in [1.807, 2.05) is 0 Å². The van der Waals surface area contributed by atoms with Crippen molar-refractivity contribution in [1.29, 1.82) is 0 Å². The second-order valence-electron chi connectivity index (χ2n) is 8.73. The number of amides is 2. The Morgan fingerprint density at radius 1 is 1.00 bits per heavy atom. The molecule has 2 aromatic carbocycles. The molecule has 0 bridgehead atoms. The van der Waals surface area contributed by atoms with Crippen LogP contribution in [0.25, 0.3) is 26.5 Å². The van der Waals surface area contributed by atoms with Crippen molar-refractivity contribution in [2.24, 2.45) is 0 Å². The number of carbonyl (C=O) groups excluding carboxylic acids is 1. The topological polar surface area (TPSA) is 150 Å². The highest BCUT2D eigenvalue weighted by Gasteiger charge is 2.25. The number of nitrogens with zero attached hydrogens (tertiary/aromatic N) is 4. The first-order valence-electron chi connectivity index (χ1n) is 12.2. The number of urea groups is 1. The lowest BCUT2D eigenvalue weighted by atomic mass is 10.1. The molecule has 0 fully saturated rings. The van der Waals surface area contributed by atoms with Crippen LogP contribution in [-0.4, -0.2) is 44.7 Å². The Bertz CT molecular complexity index is 1880. The predicted octanol–water partition coefficient (Wildman–Crippen LogP) is 3.18. The van der Waals surface area contributed by atoms with Crippen molar-refractivity contribution in [3.8, 4) is 22.1 Å². The van der Waals surface area contributed by atoms with Gasteiger partial charge in [-0.25, -0.2) is 28.4 Å². The van der Waals surface area contributed by atoms with Crippen LogP contribution in [0.1, 0.15) is 11.1 Å². The Morgan fingerprint density at radius 2 is 1.71 bits per heavy atom. The summed E-state index contributed by atoms with van der Waals surface area (Å²) in [6, 6.07) is 11.9. The van der Waals surface area contributed by atoms with Crippen molar-refractivity contribution < 1.29 is 28.3 Å². The van der Waals surface area contributed by atoms with E-state index in [0.717, 1.165) is 32.6 Å². The molecule has 0 saturated heterocycles. The number of methoxy groups -OCH3 is 1. The third-order valence-electron chi connectivity index (χ3n) is 6.27. The van der Waals surface area contributed by atoms with E-state index in [1.165, 1.54) is 32.4 Å². The molecule has 0 aliphatic heterocycles. The summed E-state index contributed by atoms with van der Waals surface area (Å²) in [6.07, 6.45) is 0. The highest BCUT2D eigenvalue weighted by atomic mass is 32.1. The molecular weight excluding hydrogens is 574 g/mol. The molecule has 3 aromatic heterocycles. The van der Waals surface area contributed by atoms with Gasteiger partial charge in [-0.15, -0.1) is 21.5 Å². The molecule has 12 nitrogen and oxygen atoms in total. The fourth-order valence-corrected chi connectivity index (χ4v) is 5.63. The van der Waals surface area contributed by atoms with E-state index in [2.05, 4.69) is 25.8 Å². The lowest BCUT2D eigenvalue weighted by Crippen LogP contribution is -2.39. The van der Waals surface area contributed by atoms with E-state index in [0.29, 0.717) is 16.1 Å². The van der Waals surface area contributed by atoms with Crippen molar-refractivity contribution in [3.05, 3.63) is 98.2 Å². The number of rotatable bonds is 8. The van der Waals surface area contributed by atoms with Crippen LogP contribution in [0.3, 0.4) is 0 Å². The van der Waals surface area contributed by atoms with Gasteiger partial charge >= 0.3 is 11.7 Å². The Morgan fingerprint density at radius 3 is 2.31 bits per heavy atom. The fourth-order valence-electron chi connectivity index (χ4n) is 4.33. The number of hydrogen-bond acceptors (Lipinski definition) is 9. The maximum absolute atomic E-state index is 14.7. The number of hydroxylamine groups is 1. The molecule has 216 valence electrons. The molecule has 5 aromatic rings. The molecule has 0 radical (unpaired) electrons. The number of benzene rings is 2. The second-order valence-corrected chi connectivity index (χ2v) is 9.73. The molecule has 5 rings (SSSR count). The number of aliphatic hydroxyl groups excluding tert-OH is 1. The quantitative estimate of drug-likeness (QED) is 0.231. The zero-order valence-electron chi connectivity index (χ0n) is 22.1. The Hall–Kier alpha value is -4.99. The third-order valence-corrected chi connectivity index (χ3v) is 7.58. The van der Waals surface area contributed by atoms with Gasteiger partial charge < -0.3 is 15.2 Å². The number of carbonyl (C=O) groups is 1. The number of aromatic nitrogens is 4. The van der Waals surface area contributed by atoms with Gasteiger partial charge in [-0.3, -0.25) is 14.2 Å². The van der Waals surface area contributed by atoms with Crippen LogP contribution in [0.2, 0.25) is 0 Å². The number of fused-ring (bicyclic) bond motifs is 1. The molecule has 0 aliphatic rings. The molecular formula is C27H22F2N6O6S. The van der Waals surface area contributed by atoms with E-state index in [4.69, 9.17) is 4.74 Å². The molecule has 0 unspecified atom stereocenters. The smallest absolute Gasteiger partial charge is 0.343 e. The zero-order chi connectivity index (χ0) is 30.0. The van der Waals surface area contributed by atoms with E-state index in [1.54, 1.807) is 24.3 Å². The van der Waals surface area contributed by atoms with E-state index >= 15 is 0 Å². The van der Waals surface area contributed by atoms with Crippen LogP contribution in [0.15, 0.2) is 64.2 Å². The van der Waals surface area contributed by atoms with Crippen LogP contribution >= 0.6 is 11.3 Å². The van der Waals surface area contributed by atoms with Crippen molar-refractivity contribution in [2.75, 3.05) is 19.5 Å². The lowest BCUT2D eigenvalue weighted by molar-refractivity contribution is 0.114. The van der Waals surface area contributed by atoms with Gasteiger partial charge in [0.15, 0.2) is 5.82 Å². The van der Waals surface area contributed by atoms with Gasteiger partial charge in [-0.2, -0.15) is 0 Å². The number of halogens is 2. The summed E-state index contributed by atoms with van der Waals surface area (Å²) in [6.45, 7) is -1.15. The number of nitrogens with one attached hydrogen (secondary N) is 2. The summed E-state index contributed by atoms with van der Waals surface area (Å²) in [5.74, 6) is -1.78. The van der Waals surface area contributed by atoms with E-state index in [9.17, 15) is 28.3 Å². The highest BCUT2D eigenvalue weighted by molar-refractivity contribution is 7.22. The normalized spacial score (nSPS) is 11.1. The second kappa shape index (κ2) is 11.9. The average molecular weight is 597 g/mol. The fraction of sp³-hybridized carbons (Fsp3) is 0.148. The molecule has 0 spiro atoms. The minimum atomic E-state index is -0.921. The Balaban J connectivity index is 1.75. The van der Waals surface area contributed by atoms with Gasteiger partial charge in [0.1, 0.15) is 16.5 Å². The number of hydrogen-bond donors (Lipinski definition) is 3. The average Bonchev–Trinajstić information content (AvgIpc) is 3.37. The minimum absolute atomic E-state index is 0.0341. The van der Waals surface area contributed by atoms with Gasteiger partial charge in [0.25, 0.3) is 5.56 Å². The predicted molar refractivity (Wildman–Crippen MR) is 150 cm³/mol. The highest BCUT2D eigenvalue weighted by Crippen LogP contribution is 2.38. The largest absolute Gasteiger partial charge is 0.480 e. The van der Waals surface area contributed by atoms with Gasteiger partial charge in [0.2, 0.25) is 5.88 Å².